The van der Waals surface area contributed by atoms with Gasteiger partial charge in [0.1, 0.15) is 13.2 Å². The first kappa shape index (κ1) is 71.5. The van der Waals surface area contributed by atoms with E-state index in [1.807, 2.05) is 27.2 Å². The second kappa shape index (κ2) is 55.2. The fourth-order valence-corrected chi connectivity index (χ4v) is 10.1. The van der Waals surface area contributed by atoms with Gasteiger partial charge in [-0.15, -0.1) is 0 Å². The van der Waals surface area contributed by atoms with Crippen molar-refractivity contribution in [2.45, 2.75) is 315 Å². The molecule has 0 aromatic heterocycles. The van der Waals surface area contributed by atoms with Crippen molar-refractivity contribution in [1.29, 1.82) is 0 Å². The van der Waals surface area contributed by atoms with Crippen molar-refractivity contribution in [3.05, 3.63) is 48.6 Å². The highest BCUT2D eigenvalue weighted by molar-refractivity contribution is 7.47. The minimum absolute atomic E-state index is 0.0564. The Hall–Kier alpha value is -1.54. The van der Waals surface area contributed by atoms with Crippen LogP contribution in [0.25, 0.3) is 0 Å². The molecule has 3 unspecified atom stereocenters. The van der Waals surface area contributed by atoms with E-state index < -0.39 is 20.0 Å². The van der Waals surface area contributed by atoms with Crippen molar-refractivity contribution in [2.75, 3.05) is 40.9 Å². The van der Waals surface area contributed by atoms with Crippen LogP contribution in [0.5, 0.6) is 0 Å². The average Bonchev–Trinajstić information content (AvgIpc) is 3.35. The summed E-state index contributed by atoms with van der Waals surface area (Å²) in [6.45, 7) is 4.82. The summed E-state index contributed by atoms with van der Waals surface area (Å²) in [7, 11) is 1.56. The Balaban J connectivity index is 4.17. The van der Waals surface area contributed by atoms with Crippen LogP contribution in [-0.2, 0) is 18.4 Å². The number of nitrogens with one attached hydrogen (secondary N) is 1. The zero-order chi connectivity index (χ0) is 53.5. The third-order valence-electron chi connectivity index (χ3n) is 14.3. The number of hydrogen-bond donors (Lipinski definition) is 3. The number of rotatable bonds is 58. The molecule has 0 fully saturated rings. The van der Waals surface area contributed by atoms with Gasteiger partial charge in [0.15, 0.2) is 0 Å². The highest BCUT2D eigenvalue weighted by Gasteiger charge is 2.27. The number of quaternary nitrogens is 1. The SMILES string of the molecule is CCCCCCC/C=C\C/C=C\CCCCCCCCCCCCCCCCCC(=O)NC(COP(=O)(O)OCC[N+](C)(C)C)C(O)/C=C/CC/C=C/CCCCCCCCCCCCCCCCCCCC. The molecule has 0 spiro atoms. The molecular weight excluding hydrogens is 924 g/mol. The number of unbranched alkanes of at least 4 members (excludes halogenated alkanes) is 39. The molecule has 9 heteroatoms. The predicted molar refractivity (Wildman–Crippen MR) is 318 cm³/mol. The summed E-state index contributed by atoms with van der Waals surface area (Å²) in [5, 5.41) is 14.0. The Kier molecular flexibility index (Phi) is 54.1. The van der Waals surface area contributed by atoms with Gasteiger partial charge in [-0.1, -0.05) is 281 Å². The molecule has 0 radical (unpaired) electrons. The van der Waals surface area contributed by atoms with Gasteiger partial charge in [0.2, 0.25) is 5.91 Å². The van der Waals surface area contributed by atoms with Gasteiger partial charge in [0.05, 0.1) is 39.9 Å². The lowest BCUT2D eigenvalue weighted by atomic mass is 10.0. The fourth-order valence-electron chi connectivity index (χ4n) is 9.33. The third kappa shape index (κ3) is 58.0. The van der Waals surface area contributed by atoms with Gasteiger partial charge in [-0.2, -0.15) is 0 Å². The molecule has 3 N–H and O–H groups in total. The number of carbonyl (C=O) groups is 1. The zero-order valence-electron chi connectivity index (χ0n) is 49.1. The standard InChI is InChI=1S/C64H123N2O6P/c1-6-8-10-12-14-16-18-20-22-24-26-28-30-32-33-34-36-38-40-42-44-46-48-50-52-54-56-58-64(68)65-62(61-72-73(69,70)71-60-59-66(3,4)5)63(67)57-55-53-51-49-47-45-43-41-39-37-35-31-29-27-25-23-21-19-17-15-13-11-9-7-2/h18,20,24,26,47,49,55,57,62-63,67H,6-17,19,21-23,25,27-46,48,50-54,56,58-61H2,1-5H3,(H-,65,68,69,70)/p+1/b20-18-,26-24-,49-47+,57-55+. The summed E-state index contributed by atoms with van der Waals surface area (Å²) in [6.07, 6.45) is 73.7. The van der Waals surface area contributed by atoms with Crippen molar-refractivity contribution < 1.29 is 32.9 Å². The number of allylic oxidation sites excluding steroid dienone is 7. The number of nitrogens with zero attached hydrogens (tertiary/aromatic N) is 1. The smallest absolute Gasteiger partial charge is 0.387 e. The largest absolute Gasteiger partial charge is 0.472 e. The number of carbonyl (C=O) groups excluding carboxylic acids is 1. The van der Waals surface area contributed by atoms with E-state index in [0.717, 1.165) is 44.9 Å². The van der Waals surface area contributed by atoms with Crippen LogP contribution in [0.15, 0.2) is 48.6 Å². The summed E-state index contributed by atoms with van der Waals surface area (Å²) >= 11 is 0. The Morgan fingerprint density at radius 1 is 0.466 bits per heavy atom. The maximum absolute atomic E-state index is 13.0. The van der Waals surface area contributed by atoms with Crippen LogP contribution in [-0.4, -0.2) is 73.4 Å². The topological polar surface area (TPSA) is 105 Å². The summed E-state index contributed by atoms with van der Waals surface area (Å²) in [4.78, 5) is 23.4. The fraction of sp³-hybridized carbons (Fsp3) is 0.859. The zero-order valence-corrected chi connectivity index (χ0v) is 50.0. The monoisotopic (exact) mass is 1050 g/mol. The van der Waals surface area contributed by atoms with Crippen LogP contribution in [0.2, 0.25) is 0 Å². The van der Waals surface area contributed by atoms with Gasteiger partial charge in [-0.25, -0.2) is 4.57 Å². The lowest BCUT2D eigenvalue weighted by molar-refractivity contribution is -0.870. The molecule has 0 aromatic carbocycles. The van der Waals surface area contributed by atoms with Crippen LogP contribution >= 0.6 is 7.82 Å². The molecule has 1 amide bonds. The quantitative estimate of drug-likeness (QED) is 0.0243. The molecule has 73 heavy (non-hydrogen) atoms. The van der Waals surface area contributed by atoms with Gasteiger partial charge in [-0.3, -0.25) is 13.8 Å². The molecule has 8 nitrogen and oxygen atoms in total. The molecule has 0 saturated heterocycles. The number of aliphatic hydroxyl groups is 1. The second-order valence-electron chi connectivity index (χ2n) is 22.8. The minimum atomic E-state index is -4.36. The molecule has 0 saturated carbocycles. The van der Waals surface area contributed by atoms with Crippen molar-refractivity contribution >= 4 is 13.7 Å². The second-order valence-corrected chi connectivity index (χ2v) is 24.2. The molecule has 0 aromatic rings. The van der Waals surface area contributed by atoms with Gasteiger partial charge < -0.3 is 19.8 Å². The number of aliphatic hydroxyl groups excluding tert-OH is 1. The van der Waals surface area contributed by atoms with Gasteiger partial charge in [-0.05, 0) is 64.2 Å². The number of likely N-dealkylation sites (N-methyl/N-ethyl adjacent to an activating group) is 1. The molecule has 0 aliphatic rings. The van der Waals surface area contributed by atoms with E-state index >= 15 is 0 Å². The van der Waals surface area contributed by atoms with E-state index in [4.69, 9.17) is 9.05 Å². The highest BCUT2D eigenvalue weighted by Crippen LogP contribution is 2.43. The summed E-state index contributed by atoms with van der Waals surface area (Å²) < 4.78 is 23.7. The lowest BCUT2D eigenvalue weighted by Crippen LogP contribution is -2.45. The Bertz CT molecular complexity index is 1330. The number of amides is 1. The van der Waals surface area contributed by atoms with Crippen molar-refractivity contribution in [3.63, 3.8) is 0 Å². The summed E-state index contributed by atoms with van der Waals surface area (Å²) in [5.41, 5.74) is 0. The first-order chi connectivity index (χ1) is 35.5. The van der Waals surface area contributed by atoms with E-state index in [1.165, 1.54) is 238 Å². The number of phosphoric ester groups is 1. The van der Waals surface area contributed by atoms with Gasteiger partial charge in [0.25, 0.3) is 0 Å². The van der Waals surface area contributed by atoms with Gasteiger partial charge in [0, 0.05) is 6.42 Å². The van der Waals surface area contributed by atoms with Crippen LogP contribution in [0.1, 0.15) is 303 Å². The minimum Gasteiger partial charge on any atom is -0.387 e. The van der Waals surface area contributed by atoms with E-state index in [2.05, 4.69) is 55.6 Å². The lowest BCUT2D eigenvalue weighted by Gasteiger charge is -2.25. The first-order valence-electron chi connectivity index (χ1n) is 31.5. The Labute approximate surface area is 454 Å². The summed E-state index contributed by atoms with van der Waals surface area (Å²) in [5.74, 6) is -0.183. The molecule has 0 aliphatic heterocycles. The highest BCUT2D eigenvalue weighted by atomic mass is 31.2. The van der Waals surface area contributed by atoms with Crippen molar-refractivity contribution in [1.82, 2.24) is 5.32 Å². The van der Waals surface area contributed by atoms with Crippen molar-refractivity contribution in [3.8, 4) is 0 Å². The normalized spacial score (nSPS) is 14.1. The maximum atomic E-state index is 13.0. The van der Waals surface area contributed by atoms with E-state index in [0.29, 0.717) is 17.4 Å². The van der Waals surface area contributed by atoms with Crippen LogP contribution < -0.4 is 5.32 Å². The van der Waals surface area contributed by atoms with Crippen LogP contribution in [0.4, 0.5) is 0 Å². The third-order valence-corrected chi connectivity index (χ3v) is 15.3. The number of hydrogen-bond acceptors (Lipinski definition) is 5. The molecule has 3 atom stereocenters. The average molecular weight is 1050 g/mol. The van der Waals surface area contributed by atoms with E-state index in [9.17, 15) is 19.4 Å². The first-order valence-corrected chi connectivity index (χ1v) is 33.0. The summed E-state index contributed by atoms with van der Waals surface area (Å²) in [6, 6.07) is -0.865. The molecule has 0 heterocycles. The van der Waals surface area contributed by atoms with Crippen LogP contribution in [0, 0.1) is 0 Å². The Morgan fingerprint density at radius 3 is 1.18 bits per heavy atom. The number of phosphoric acid groups is 1. The van der Waals surface area contributed by atoms with Crippen LogP contribution in [0.3, 0.4) is 0 Å². The molecular formula is C64H124N2O6P+. The van der Waals surface area contributed by atoms with E-state index in [1.54, 1.807) is 6.08 Å². The van der Waals surface area contributed by atoms with Crippen molar-refractivity contribution in [2.24, 2.45) is 0 Å². The molecule has 0 rings (SSSR count). The Morgan fingerprint density at radius 2 is 0.795 bits per heavy atom. The molecule has 0 bridgehead atoms. The predicted octanol–water partition coefficient (Wildman–Crippen LogP) is 19.5. The van der Waals surface area contributed by atoms with Gasteiger partial charge >= 0.3 is 7.82 Å². The van der Waals surface area contributed by atoms with E-state index in [-0.39, 0.29) is 19.1 Å². The molecule has 430 valence electrons. The molecule has 0 aliphatic carbocycles. The maximum Gasteiger partial charge on any atom is 0.472 e.